The molecule has 0 spiro atoms. The number of rotatable bonds is 3. The number of aryl methyl sites for hydroxylation is 1. The van der Waals surface area contributed by atoms with Gasteiger partial charge in [0.1, 0.15) is 5.75 Å². The van der Waals surface area contributed by atoms with Crippen molar-refractivity contribution in [3.63, 3.8) is 0 Å². The van der Waals surface area contributed by atoms with Crippen molar-refractivity contribution < 1.29 is 23.1 Å². The first-order chi connectivity index (χ1) is 10.2. The molecule has 0 aliphatic carbocycles. The number of benzene rings is 1. The van der Waals surface area contributed by atoms with Crippen molar-refractivity contribution in [3.8, 4) is 5.75 Å². The van der Waals surface area contributed by atoms with Gasteiger partial charge in [-0.1, -0.05) is 11.6 Å². The molecule has 0 saturated carbocycles. The first-order valence-electron chi connectivity index (χ1n) is 6.17. The number of carbonyl (C=O) groups is 1. The molecule has 1 heterocycles. The van der Waals surface area contributed by atoms with Crippen LogP contribution in [0.15, 0.2) is 24.4 Å². The Labute approximate surface area is 128 Å². The Morgan fingerprint density at radius 2 is 2.14 bits per heavy atom. The molecule has 9 heteroatoms. The Morgan fingerprint density at radius 1 is 1.45 bits per heavy atom. The molecule has 0 saturated heterocycles. The quantitative estimate of drug-likeness (QED) is 0.844. The lowest BCUT2D eigenvalue weighted by Gasteiger charge is -2.11. The van der Waals surface area contributed by atoms with Crippen LogP contribution in [-0.4, -0.2) is 20.8 Å². The molecule has 0 unspecified atom stereocenters. The summed E-state index contributed by atoms with van der Waals surface area (Å²) in [6.45, 7) is 1.47. The van der Waals surface area contributed by atoms with Gasteiger partial charge in [0.15, 0.2) is 5.69 Å². The Bertz CT molecular complexity index is 713. The number of anilines is 1. The van der Waals surface area contributed by atoms with Crippen LogP contribution in [0.3, 0.4) is 0 Å². The van der Waals surface area contributed by atoms with Gasteiger partial charge >= 0.3 is 6.18 Å². The number of nitrogens with zero attached hydrogens (tertiary/aromatic N) is 2. The number of aromatic hydroxyl groups is 1. The number of amides is 1. The van der Waals surface area contributed by atoms with E-state index >= 15 is 0 Å². The summed E-state index contributed by atoms with van der Waals surface area (Å²) in [5.41, 5.74) is -1.54. The molecule has 0 atom stereocenters. The summed E-state index contributed by atoms with van der Waals surface area (Å²) in [7, 11) is 0. The molecule has 0 fully saturated rings. The number of halogens is 4. The van der Waals surface area contributed by atoms with Gasteiger partial charge in [-0.2, -0.15) is 18.3 Å². The normalized spacial score (nSPS) is 11.5. The average Bonchev–Trinajstić information content (AvgIpc) is 2.87. The molecule has 22 heavy (non-hydrogen) atoms. The Hall–Kier alpha value is -2.22. The summed E-state index contributed by atoms with van der Waals surface area (Å²) in [5, 5.41) is 15.1. The number of nitrogens with one attached hydrogen (secondary N) is 1. The predicted molar refractivity (Wildman–Crippen MR) is 74.0 cm³/mol. The second kappa shape index (κ2) is 5.88. The van der Waals surface area contributed by atoms with Crippen molar-refractivity contribution in [2.75, 3.05) is 5.32 Å². The summed E-state index contributed by atoms with van der Waals surface area (Å²) in [4.78, 5) is 12.0. The van der Waals surface area contributed by atoms with Gasteiger partial charge in [-0.3, -0.25) is 9.48 Å². The van der Waals surface area contributed by atoms with Gasteiger partial charge < -0.3 is 10.4 Å². The van der Waals surface area contributed by atoms with E-state index in [1.165, 1.54) is 25.1 Å². The zero-order valence-electron chi connectivity index (χ0n) is 11.3. The van der Waals surface area contributed by atoms with E-state index in [2.05, 4.69) is 10.4 Å². The number of alkyl halides is 3. The Morgan fingerprint density at radius 3 is 2.68 bits per heavy atom. The third kappa shape index (κ3) is 3.16. The average molecular weight is 334 g/mol. The summed E-state index contributed by atoms with van der Waals surface area (Å²) in [6, 6.07) is 3.76. The summed E-state index contributed by atoms with van der Waals surface area (Å²) in [5.74, 6) is -1.16. The highest BCUT2D eigenvalue weighted by Crippen LogP contribution is 2.33. The molecular weight excluding hydrogens is 323 g/mol. The number of aromatic nitrogens is 2. The Balaban J connectivity index is 2.34. The van der Waals surface area contributed by atoms with Gasteiger partial charge in [-0.25, -0.2) is 0 Å². The van der Waals surface area contributed by atoms with E-state index in [1.54, 1.807) is 0 Å². The van der Waals surface area contributed by atoms with Gasteiger partial charge in [-0.05, 0) is 25.1 Å². The predicted octanol–water partition coefficient (Wildman–Crippen LogP) is 3.53. The largest absolute Gasteiger partial charge is 0.506 e. The first kappa shape index (κ1) is 16.2. The minimum atomic E-state index is -4.70. The first-order valence-corrected chi connectivity index (χ1v) is 6.54. The molecule has 1 amide bonds. The second-order valence-corrected chi connectivity index (χ2v) is 4.75. The number of phenolic OH excluding ortho intramolecular Hbond substituents is 1. The van der Waals surface area contributed by atoms with Crippen LogP contribution in [0.1, 0.15) is 23.0 Å². The van der Waals surface area contributed by atoms with E-state index in [0.717, 1.165) is 6.20 Å². The highest BCUT2D eigenvalue weighted by molar-refractivity contribution is 6.32. The van der Waals surface area contributed by atoms with E-state index < -0.39 is 23.3 Å². The minimum Gasteiger partial charge on any atom is -0.506 e. The molecule has 2 rings (SSSR count). The molecule has 1 aromatic carbocycles. The van der Waals surface area contributed by atoms with Crippen LogP contribution in [0.4, 0.5) is 18.9 Å². The maximum atomic E-state index is 13.1. The van der Waals surface area contributed by atoms with E-state index in [9.17, 15) is 23.1 Å². The number of carbonyl (C=O) groups excluding carboxylic acids is 1. The van der Waals surface area contributed by atoms with Crippen molar-refractivity contribution in [2.45, 2.75) is 19.6 Å². The zero-order chi connectivity index (χ0) is 16.5. The van der Waals surface area contributed by atoms with Crippen LogP contribution < -0.4 is 5.32 Å². The highest BCUT2D eigenvalue weighted by atomic mass is 35.5. The van der Waals surface area contributed by atoms with Crippen LogP contribution in [0.25, 0.3) is 0 Å². The summed E-state index contributed by atoms with van der Waals surface area (Å²) < 4.78 is 39.9. The van der Waals surface area contributed by atoms with E-state index in [1.807, 2.05) is 0 Å². The lowest BCUT2D eigenvalue weighted by atomic mass is 10.2. The molecule has 5 nitrogen and oxygen atoms in total. The highest BCUT2D eigenvalue weighted by Gasteiger charge is 2.39. The molecule has 2 N–H and O–H groups in total. The van der Waals surface area contributed by atoms with Crippen LogP contribution in [-0.2, 0) is 12.7 Å². The standard InChI is InChI=1S/C13H11ClF3N3O2/c1-2-20-11(13(15,16)17)8(6-18-20)12(22)19-7-3-4-10(21)9(14)5-7/h3-6,21H,2H2,1H3,(H,19,22). The summed E-state index contributed by atoms with van der Waals surface area (Å²) >= 11 is 5.68. The van der Waals surface area contributed by atoms with E-state index in [0.29, 0.717) is 4.68 Å². The monoisotopic (exact) mass is 333 g/mol. The lowest BCUT2D eigenvalue weighted by molar-refractivity contribution is -0.144. The van der Waals surface area contributed by atoms with Gasteiger partial charge in [0.2, 0.25) is 0 Å². The van der Waals surface area contributed by atoms with E-state index in [-0.39, 0.29) is 23.0 Å². The zero-order valence-corrected chi connectivity index (χ0v) is 12.0. The van der Waals surface area contributed by atoms with E-state index in [4.69, 9.17) is 11.6 Å². The van der Waals surface area contributed by atoms with Crippen molar-refractivity contribution in [1.82, 2.24) is 9.78 Å². The maximum Gasteiger partial charge on any atom is 0.433 e. The fourth-order valence-corrected chi connectivity index (χ4v) is 2.05. The van der Waals surface area contributed by atoms with Crippen molar-refractivity contribution in [1.29, 1.82) is 0 Å². The molecule has 0 aliphatic rings. The van der Waals surface area contributed by atoms with Crippen molar-refractivity contribution >= 4 is 23.2 Å². The Kier molecular flexibility index (Phi) is 4.32. The number of hydrogen-bond donors (Lipinski definition) is 2. The van der Waals surface area contributed by atoms with Gasteiger partial charge in [0.25, 0.3) is 5.91 Å². The molecular formula is C13H11ClF3N3O2. The minimum absolute atomic E-state index is 0.0207. The lowest BCUT2D eigenvalue weighted by Crippen LogP contribution is -2.21. The molecule has 0 bridgehead atoms. The molecule has 0 radical (unpaired) electrons. The van der Waals surface area contributed by atoms with Crippen LogP contribution in [0, 0.1) is 0 Å². The third-order valence-electron chi connectivity index (χ3n) is 2.86. The van der Waals surface area contributed by atoms with Gasteiger partial charge in [0.05, 0.1) is 16.8 Å². The fourth-order valence-electron chi connectivity index (χ4n) is 1.87. The topological polar surface area (TPSA) is 67.2 Å². The van der Waals surface area contributed by atoms with Gasteiger partial charge in [0, 0.05) is 12.2 Å². The number of phenols is 1. The van der Waals surface area contributed by atoms with Crippen LogP contribution in [0.5, 0.6) is 5.75 Å². The van der Waals surface area contributed by atoms with Crippen molar-refractivity contribution in [2.24, 2.45) is 0 Å². The smallest absolute Gasteiger partial charge is 0.433 e. The van der Waals surface area contributed by atoms with Crippen LogP contribution in [0.2, 0.25) is 5.02 Å². The molecule has 0 aliphatic heterocycles. The SMILES string of the molecule is CCn1ncc(C(=O)Nc2ccc(O)c(Cl)c2)c1C(F)(F)F. The maximum absolute atomic E-state index is 13.1. The molecule has 1 aromatic heterocycles. The van der Waals surface area contributed by atoms with Gasteiger partial charge in [-0.15, -0.1) is 0 Å². The molecule has 118 valence electrons. The second-order valence-electron chi connectivity index (χ2n) is 4.34. The van der Waals surface area contributed by atoms with Crippen LogP contribution >= 0.6 is 11.6 Å². The fraction of sp³-hybridized carbons (Fsp3) is 0.231. The molecule has 2 aromatic rings. The van der Waals surface area contributed by atoms with Crippen molar-refractivity contribution in [3.05, 3.63) is 40.7 Å². The number of hydrogen-bond acceptors (Lipinski definition) is 3. The third-order valence-corrected chi connectivity index (χ3v) is 3.16. The summed E-state index contributed by atoms with van der Waals surface area (Å²) in [6.07, 6.45) is -3.84.